The Morgan fingerprint density at radius 1 is 1.44 bits per heavy atom. The van der Waals surface area contributed by atoms with Gasteiger partial charge in [0.05, 0.1) is 5.02 Å². The summed E-state index contributed by atoms with van der Waals surface area (Å²) in [5, 5.41) is 7.56. The van der Waals surface area contributed by atoms with Gasteiger partial charge < -0.3 is 9.84 Å². The van der Waals surface area contributed by atoms with Crippen molar-refractivity contribution in [2.24, 2.45) is 0 Å². The number of nitrogens with zero attached hydrogens (tertiary/aromatic N) is 3. The van der Waals surface area contributed by atoms with Gasteiger partial charge in [0, 0.05) is 26.1 Å². The molecule has 0 aliphatic rings. The van der Waals surface area contributed by atoms with Gasteiger partial charge in [0.15, 0.2) is 5.82 Å². The van der Waals surface area contributed by atoms with Crippen molar-refractivity contribution < 1.29 is 4.52 Å². The quantitative estimate of drug-likeness (QED) is 0.884. The Labute approximate surface area is 97.8 Å². The van der Waals surface area contributed by atoms with E-state index in [-0.39, 0.29) is 0 Å². The average molecular weight is 239 g/mol. The van der Waals surface area contributed by atoms with Crippen LogP contribution < -0.4 is 5.32 Å². The molecular weight excluding hydrogens is 228 g/mol. The molecule has 0 atom stereocenters. The number of nitrogens with one attached hydrogen (secondary N) is 1. The molecule has 0 bridgehead atoms. The molecule has 0 saturated carbocycles. The van der Waals surface area contributed by atoms with Crippen LogP contribution >= 0.6 is 11.6 Å². The summed E-state index contributed by atoms with van der Waals surface area (Å²) in [5.41, 5.74) is 0. The second kappa shape index (κ2) is 4.94. The highest BCUT2D eigenvalue weighted by atomic mass is 35.5. The molecule has 0 unspecified atom stereocenters. The smallest absolute Gasteiger partial charge is 0.223 e. The zero-order valence-corrected chi connectivity index (χ0v) is 9.53. The first-order chi connectivity index (χ1) is 7.74. The minimum absolute atomic E-state index is 0.583. The second-order valence-corrected chi connectivity index (χ2v) is 3.70. The Bertz CT molecular complexity index is 454. The molecule has 2 rings (SSSR count). The molecule has 1 N–H and O–H groups in total. The van der Waals surface area contributed by atoms with E-state index in [1.165, 1.54) is 0 Å². The standard InChI is InChI=1S/C10H11ClN4O/c1-7-14-10(15-16-7)4-5-12-9-3-2-8(11)6-13-9/h2-3,6H,4-5H2,1H3,(H,12,13). The van der Waals surface area contributed by atoms with E-state index in [1.54, 1.807) is 19.2 Å². The van der Waals surface area contributed by atoms with E-state index in [4.69, 9.17) is 16.1 Å². The number of hydrogen-bond donors (Lipinski definition) is 1. The van der Waals surface area contributed by atoms with Crippen molar-refractivity contribution >= 4 is 17.4 Å². The zero-order chi connectivity index (χ0) is 11.4. The van der Waals surface area contributed by atoms with E-state index in [9.17, 15) is 0 Å². The highest BCUT2D eigenvalue weighted by molar-refractivity contribution is 6.30. The number of halogens is 1. The van der Waals surface area contributed by atoms with Gasteiger partial charge in [-0.1, -0.05) is 16.8 Å². The largest absolute Gasteiger partial charge is 0.370 e. The fourth-order valence-corrected chi connectivity index (χ4v) is 1.34. The highest BCUT2D eigenvalue weighted by Crippen LogP contribution is 2.09. The first-order valence-corrected chi connectivity index (χ1v) is 5.26. The third-order valence-corrected chi connectivity index (χ3v) is 2.18. The lowest BCUT2D eigenvalue weighted by Gasteiger charge is -2.02. The van der Waals surface area contributed by atoms with Gasteiger partial charge in [-0.3, -0.25) is 0 Å². The summed E-state index contributed by atoms with van der Waals surface area (Å²) >= 11 is 5.72. The van der Waals surface area contributed by atoms with Crippen LogP contribution in [-0.2, 0) is 6.42 Å². The maximum Gasteiger partial charge on any atom is 0.223 e. The van der Waals surface area contributed by atoms with Crippen LogP contribution in [0.4, 0.5) is 5.82 Å². The molecule has 2 heterocycles. The first-order valence-electron chi connectivity index (χ1n) is 4.88. The van der Waals surface area contributed by atoms with Crippen molar-refractivity contribution in [1.82, 2.24) is 15.1 Å². The molecule has 0 aromatic carbocycles. The van der Waals surface area contributed by atoms with E-state index < -0.39 is 0 Å². The minimum atomic E-state index is 0.583. The maximum absolute atomic E-state index is 5.72. The van der Waals surface area contributed by atoms with Gasteiger partial charge in [0.25, 0.3) is 0 Å². The van der Waals surface area contributed by atoms with Gasteiger partial charge >= 0.3 is 0 Å². The molecule has 0 spiro atoms. The van der Waals surface area contributed by atoms with E-state index in [0.717, 1.165) is 5.82 Å². The van der Waals surface area contributed by atoms with E-state index in [2.05, 4.69) is 20.4 Å². The third kappa shape index (κ3) is 2.93. The van der Waals surface area contributed by atoms with Crippen LogP contribution in [0.5, 0.6) is 0 Å². The van der Waals surface area contributed by atoms with Crippen LogP contribution in [0.1, 0.15) is 11.7 Å². The fourth-order valence-electron chi connectivity index (χ4n) is 1.23. The molecule has 0 radical (unpaired) electrons. The molecule has 0 fully saturated rings. The van der Waals surface area contributed by atoms with Crippen LogP contribution in [0.2, 0.25) is 5.02 Å². The summed E-state index contributed by atoms with van der Waals surface area (Å²) in [5.74, 6) is 2.06. The van der Waals surface area contributed by atoms with Crippen molar-refractivity contribution in [2.75, 3.05) is 11.9 Å². The van der Waals surface area contributed by atoms with Gasteiger partial charge in [0.2, 0.25) is 5.89 Å². The summed E-state index contributed by atoms with van der Waals surface area (Å²) in [6, 6.07) is 3.61. The minimum Gasteiger partial charge on any atom is -0.370 e. The Morgan fingerprint density at radius 2 is 2.31 bits per heavy atom. The lowest BCUT2D eigenvalue weighted by molar-refractivity contribution is 0.387. The fraction of sp³-hybridized carbons (Fsp3) is 0.300. The summed E-state index contributed by atoms with van der Waals surface area (Å²) in [4.78, 5) is 8.20. The summed E-state index contributed by atoms with van der Waals surface area (Å²) in [6.45, 7) is 2.47. The normalized spacial score (nSPS) is 10.4. The molecule has 2 aromatic rings. The zero-order valence-electron chi connectivity index (χ0n) is 8.77. The van der Waals surface area contributed by atoms with Crippen LogP contribution in [0.25, 0.3) is 0 Å². The van der Waals surface area contributed by atoms with Gasteiger partial charge in [-0.05, 0) is 12.1 Å². The molecule has 16 heavy (non-hydrogen) atoms. The van der Waals surface area contributed by atoms with Crippen molar-refractivity contribution in [1.29, 1.82) is 0 Å². The number of hydrogen-bond acceptors (Lipinski definition) is 5. The molecular formula is C10H11ClN4O. The predicted molar refractivity (Wildman–Crippen MR) is 60.5 cm³/mol. The van der Waals surface area contributed by atoms with E-state index >= 15 is 0 Å². The monoisotopic (exact) mass is 238 g/mol. The summed E-state index contributed by atoms with van der Waals surface area (Å²) < 4.78 is 4.86. The lowest BCUT2D eigenvalue weighted by Crippen LogP contribution is -2.06. The molecule has 84 valence electrons. The summed E-state index contributed by atoms with van der Waals surface area (Å²) in [7, 11) is 0. The van der Waals surface area contributed by atoms with Crippen LogP contribution in [-0.4, -0.2) is 21.7 Å². The lowest BCUT2D eigenvalue weighted by atomic mass is 10.4. The van der Waals surface area contributed by atoms with Crippen LogP contribution in [0.15, 0.2) is 22.9 Å². The Hall–Kier alpha value is -1.62. The number of pyridine rings is 1. The van der Waals surface area contributed by atoms with Gasteiger partial charge in [-0.15, -0.1) is 0 Å². The van der Waals surface area contributed by atoms with E-state index in [1.807, 2.05) is 6.07 Å². The predicted octanol–water partition coefficient (Wildman–Crippen LogP) is 2.08. The topological polar surface area (TPSA) is 63.8 Å². The number of anilines is 1. The highest BCUT2D eigenvalue weighted by Gasteiger charge is 2.01. The Morgan fingerprint density at radius 3 is 2.94 bits per heavy atom. The molecule has 2 aromatic heterocycles. The molecule has 0 saturated heterocycles. The van der Waals surface area contributed by atoms with Crippen molar-refractivity contribution in [2.45, 2.75) is 13.3 Å². The Balaban J connectivity index is 1.82. The van der Waals surface area contributed by atoms with Crippen molar-refractivity contribution in [3.63, 3.8) is 0 Å². The molecule has 6 heteroatoms. The number of aromatic nitrogens is 3. The van der Waals surface area contributed by atoms with Gasteiger partial charge in [-0.2, -0.15) is 4.98 Å². The maximum atomic E-state index is 5.72. The first kappa shape index (κ1) is 10.9. The summed E-state index contributed by atoms with van der Waals surface area (Å²) in [6.07, 6.45) is 2.30. The van der Waals surface area contributed by atoms with Crippen molar-refractivity contribution in [3.8, 4) is 0 Å². The number of rotatable bonds is 4. The van der Waals surface area contributed by atoms with Crippen LogP contribution in [0.3, 0.4) is 0 Å². The molecule has 0 amide bonds. The van der Waals surface area contributed by atoms with Crippen molar-refractivity contribution in [3.05, 3.63) is 35.1 Å². The van der Waals surface area contributed by atoms with Gasteiger partial charge in [-0.25, -0.2) is 4.98 Å². The SMILES string of the molecule is Cc1nc(CCNc2ccc(Cl)cn2)no1. The van der Waals surface area contributed by atoms with Gasteiger partial charge in [0.1, 0.15) is 5.82 Å². The third-order valence-electron chi connectivity index (χ3n) is 1.95. The van der Waals surface area contributed by atoms with Crippen LogP contribution in [0, 0.1) is 6.92 Å². The van der Waals surface area contributed by atoms with E-state index in [0.29, 0.717) is 29.7 Å². The molecule has 5 nitrogen and oxygen atoms in total. The Kier molecular flexibility index (Phi) is 3.36. The molecule has 0 aliphatic carbocycles. The second-order valence-electron chi connectivity index (χ2n) is 3.27. The molecule has 0 aliphatic heterocycles. The average Bonchev–Trinajstić information content (AvgIpc) is 2.67. The number of aryl methyl sites for hydroxylation is 1.